The number of thiophene rings is 1. The van der Waals surface area contributed by atoms with Crippen LogP contribution in [0.15, 0.2) is 75.3 Å². The van der Waals surface area contributed by atoms with Crippen molar-refractivity contribution < 1.29 is 18.0 Å². The normalized spacial score (nSPS) is 12.7. The van der Waals surface area contributed by atoms with Crippen LogP contribution in [0.5, 0.6) is 0 Å². The van der Waals surface area contributed by atoms with Gasteiger partial charge in [-0.2, -0.15) is 8.42 Å². The number of para-hydroxylation sites is 2. The number of nitrogens with zero attached hydrogens (tertiary/aromatic N) is 2. The molecule has 1 unspecified atom stereocenters. The summed E-state index contributed by atoms with van der Waals surface area (Å²) in [5.41, 5.74) is 2.07. The van der Waals surface area contributed by atoms with Crippen molar-refractivity contribution in [3.8, 4) is 0 Å². The SMILES string of the molecule is Cc1ccccc1NC(=O)CC(C)S/C(=N\S(=O)(=O)c1ccc(Cl)s1)N(C=O)c1ccccc1. The highest BCUT2D eigenvalue weighted by atomic mass is 35.5. The van der Waals surface area contributed by atoms with Crippen molar-refractivity contribution >= 4 is 73.6 Å². The minimum Gasteiger partial charge on any atom is -0.326 e. The van der Waals surface area contributed by atoms with E-state index in [4.69, 9.17) is 11.6 Å². The van der Waals surface area contributed by atoms with Gasteiger partial charge < -0.3 is 5.32 Å². The number of rotatable bonds is 8. The van der Waals surface area contributed by atoms with Gasteiger partial charge in [-0.1, -0.05) is 66.7 Å². The molecule has 2 aromatic carbocycles. The van der Waals surface area contributed by atoms with Gasteiger partial charge in [0.1, 0.15) is 4.21 Å². The Morgan fingerprint density at radius 3 is 2.44 bits per heavy atom. The fraction of sp³-hybridized carbons (Fsp3) is 0.174. The molecule has 178 valence electrons. The first-order chi connectivity index (χ1) is 16.2. The Morgan fingerprint density at radius 2 is 1.82 bits per heavy atom. The summed E-state index contributed by atoms with van der Waals surface area (Å²) in [7, 11) is -4.13. The molecule has 1 aromatic heterocycles. The van der Waals surface area contributed by atoms with Gasteiger partial charge in [0.25, 0.3) is 10.0 Å². The third kappa shape index (κ3) is 6.92. The zero-order chi connectivity index (χ0) is 24.7. The van der Waals surface area contributed by atoms with Gasteiger partial charge in [0.15, 0.2) is 5.17 Å². The molecule has 0 spiro atoms. The van der Waals surface area contributed by atoms with E-state index in [1.807, 2.05) is 25.1 Å². The predicted molar refractivity (Wildman–Crippen MR) is 140 cm³/mol. The second-order valence-electron chi connectivity index (χ2n) is 7.21. The van der Waals surface area contributed by atoms with Gasteiger partial charge in [-0.25, -0.2) is 0 Å². The topological polar surface area (TPSA) is 95.9 Å². The van der Waals surface area contributed by atoms with Gasteiger partial charge in [0.2, 0.25) is 12.3 Å². The highest BCUT2D eigenvalue weighted by molar-refractivity contribution is 8.15. The van der Waals surface area contributed by atoms with E-state index in [9.17, 15) is 18.0 Å². The molecule has 1 heterocycles. The van der Waals surface area contributed by atoms with E-state index in [2.05, 4.69) is 9.71 Å². The first kappa shape index (κ1) is 26.0. The van der Waals surface area contributed by atoms with Crippen molar-refractivity contribution in [1.29, 1.82) is 0 Å². The minimum absolute atomic E-state index is 0.0422. The summed E-state index contributed by atoms with van der Waals surface area (Å²) in [4.78, 5) is 25.7. The number of anilines is 2. The quantitative estimate of drug-likeness (QED) is 0.231. The second kappa shape index (κ2) is 11.7. The van der Waals surface area contributed by atoms with Crippen LogP contribution in [0, 0.1) is 6.92 Å². The second-order valence-corrected chi connectivity index (χ2v) is 12.2. The number of amides is 2. The highest BCUT2D eigenvalue weighted by Crippen LogP contribution is 2.30. The van der Waals surface area contributed by atoms with Gasteiger partial charge in [0.05, 0.1) is 10.0 Å². The van der Waals surface area contributed by atoms with Crippen molar-refractivity contribution in [3.05, 3.63) is 76.6 Å². The molecule has 0 aliphatic carbocycles. The number of aryl methyl sites for hydroxylation is 1. The van der Waals surface area contributed by atoms with E-state index < -0.39 is 15.3 Å². The summed E-state index contributed by atoms with van der Waals surface area (Å²) in [5.74, 6) is -0.237. The fourth-order valence-electron chi connectivity index (χ4n) is 2.91. The number of carbonyl (C=O) groups excluding carboxylic acids is 2. The summed E-state index contributed by atoms with van der Waals surface area (Å²) >= 11 is 7.79. The lowest BCUT2D eigenvalue weighted by atomic mass is 10.2. The Labute approximate surface area is 211 Å². The van der Waals surface area contributed by atoms with Crippen LogP contribution >= 0.6 is 34.7 Å². The molecule has 0 radical (unpaired) electrons. The molecule has 0 aliphatic heterocycles. The maximum absolute atomic E-state index is 12.9. The molecule has 2 amide bonds. The predicted octanol–water partition coefficient (Wildman–Crippen LogP) is 5.57. The Morgan fingerprint density at radius 1 is 1.15 bits per heavy atom. The molecule has 0 aliphatic rings. The first-order valence-corrected chi connectivity index (χ1v) is 13.6. The van der Waals surface area contributed by atoms with Crippen LogP contribution in [0.2, 0.25) is 4.34 Å². The van der Waals surface area contributed by atoms with Crippen molar-refractivity contribution in [3.63, 3.8) is 0 Å². The number of benzene rings is 2. The first-order valence-electron chi connectivity index (χ1n) is 10.1. The standard InChI is InChI=1S/C23H22ClN3O4S3/c1-16-8-6-7-11-19(16)25-21(29)14-17(2)32-23(27(15-28)18-9-4-3-5-10-18)26-34(30,31)22-13-12-20(24)33-22/h3-13,15,17H,14H2,1-2H3,(H,25,29)/b26-23-. The number of sulfonamides is 1. The van der Waals surface area contributed by atoms with Gasteiger partial charge in [-0.3, -0.25) is 14.5 Å². The third-order valence-electron chi connectivity index (χ3n) is 4.55. The number of halogens is 1. The van der Waals surface area contributed by atoms with Crippen molar-refractivity contribution in [1.82, 2.24) is 0 Å². The van der Waals surface area contributed by atoms with Crippen molar-refractivity contribution in [2.75, 3.05) is 10.2 Å². The lowest BCUT2D eigenvalue weighted by Crippen LogP contribution is -2.30. The van der Waals surface area contributed by atoms with Crippen LogP contribution in [0.4, 0.5) is 11.4 Å². The summed E-state index contributed by atoms with van der Waals surface area (Å²) < 4.78 is 30.1. The monoisotopic (exact) mass is 535 g/mol. The maximum Gasteiger partial charge on any atom is 0.294 e. The number of hydrogen-bond donors (Lipinski definition) is 1. The van der Waals surface area contributed by atoms with E-state index in [1.165, 1.54) is 12.1 Å². The Kier molecular flexibility index (Phi) is 8.90. The van der Waals surface area contributed by atoms with Gasteiger partial charge in [0, 0.05) is 17.4 Å². The van der Waals surface area contributed by atoms with E-state index in [0.717, 1.165) is 33.6 Å². The lowest BCUT2D eigenvalue weighted by molar-refractivity contribution is -0.116. The number of carbonyl (C=O) groups is 2. The molecule has 1 atom stereocenters. The molecule has 0 fully saturated rings. The van der Waals surface area contributed by atoms with E-state index >= 15 is 0 Å². The van der Waals surface area contributed by atoms with Crippen molar-refractivity contribution in [2.45, 2.75) is 29.7 Å². The molecular weight excluding hydrogens is 514 g/mol. The highest BCUT2D eigenvalue weighted by Gasteiger charge is 2.24. The molecule has 7 nitrogen and oxygen atoms in total. The molecule has 3 aromatic rings. The summed E-state index contributed by atoms with van der Waals surface area (Å²) in [6.07, 6.45) is 0.572. The van der Waals surface area contributed by atoms with Gasteiger partial charge in [-0.05, 0) is 42.8 Å². The third-order valence-corrected chi connectivity index (χ3v) is 8.69. The summed E-state index contributed by atoms with van der Waals surface area (Å²) in [6.45, 7) is 3.66. The zero-order valence-electron chi connectivity index (χ0n) is 18.3. The number of hydrogen-bond acceptors (Lipinski definition) is 6. The van der Waals surface area contributed by atoms with Gasteiger partial charge in [-0.15, -0.1) is 15.7 Å². The van der Waals surface area contributed by atoms with Crippen LogP contribution in [-0.2, 0) is 19.6 Å². The Balaban J connectivity index is 1.86. The van der Waals surface area contributed by atoms with Crippen LogP contribution in [0.25, 0.3) is 0 Å². The van der Waals surface area contributed by atoms with Crippen LogP contribution in [0.1, 0.15) is 18.9 Å². The van der Waals surface area contributed by atoms with Gasteiger partial charge >= 0.3 is 0 Å². The molecule has 34 heavy (non-hydrogen) atoms. The summed E-state index contributed by atoms with van der Waals surface area (Å²) in [5, 5.41) is 2.40. The average molecular weight is 536 g/mol. The van der Waals surface area contributed by atoms with Crippen LogP contribution in [-0.4, -0.2) is 31.2 Å². The largest absolute Gasteiger partial charge is 0.326 e. The molecule has 3 rings (SSSR count). The molecule has 0 bridgehead atoms. The number of nitrogens with one attached hydrogen (secondary N) is 1. The number of amidine groups is 1. The Bertz CT molecular complexity index is 1290. The van der Waals surface area contributed by atoms with E-state index in [0.29, 0.717) is 22.1 Å². The summed E-state index contributed by atoms with van der Waals surface area (Å²) in [6, 6.07) is 18.8. The Hall–Kier alpha value is -2.66. The molecule has 11 heteroatoms. The maximum atomic E-state index is 12.9. The number of thioether (sulfide) groups is 1. The van der Waals surface area contributed by atoms with E-state index in [1.54, 1.807) is 43.3 Å². The van der Waals surface area contributed by atoms with Crippen LogP contribution in [0.3, 0.4) is 0 Å². The van der Waals surface area contributed by atoms with Crippen molar-refractivity contribution in [2.24, 2.45) is 4.40 Å². The lowest BCUT2D eigenvalue weighted by Gasteiger charge is -2.21. The molecule has 1 N–H and O–H groups in total. The zero-order valence-corrected chi connectivity index (χ0v) is 21.5. The fourth-order valence-corrected chi connectivity index (χ4v) is 6.57. The average Bonchev–Trinajstić information content (AvgIpc) is 3.23. The minimum atomic E-state index is -4.13. The molecule has 0 saturated carbocycles. The molecular formula is C23H22ClN3O4S3. The van der Waals surface area contributed by atoms with Crippen LogP contribution < -0.4 is 10.2 Å². The van der Waals surface area contributed by atoms with E-state index in [-0.39, 0.29) is 21.7 Å². The smallest absolute Gasteiger partial charge is 0.294 e. The molecule has 0 saturated heterocycles.